The van der Waals surface area contributed by atoms with Crippen molar-refractivity contribution in [2.24, 2.45) is 23.7 Å². The molecule has 0 heterocycles. The van der Waals surface area contributed by atoms with Crippen LogP contribution in [0.5, 0.6) is 0 Å². The molecule has 0 aliphatic heterocycles. The molecular formula is C26H51NS2. The molecule has 1 rings (SSSR count). The summed E-state index contributed by atoms with van der Waals surface area (Å²) in [5.74, 6) is 6.02. The van der Waals surface area contributed by atoms with Gasteiger partial charge in [-0.15, -0.1) is 6.58 Å². The Morgan fingerprint density at radius 2 is 1.83 bits per heavy atom. The van der Waals surface area contributed by atoms with E-state index in [-0.39, 0.29) is 0 Å². The van der Waals surface area contributed by atoms with Crippen molar-refractivity contribution in [1.29, 1.82) is 0 Å². The minimum Gasteiger partial charge on any atom is -0.309 e. The summed E-state index contributed by atoms with van der Waals surface area (Å²) in [6, 6.07) is 0. The van der Waals surface area contributed by atoms with Gasteiger partial charge >= 0.3 is 0 Å². The molecule has 1 nitrogen and oxygen atoms in total. The van der Waals surface area contributed by atoms with Crippen molar-refractivity contribution in [2.75, 3.05) is 32.1 Å². The third-order valence-corrected chi connectivity index (χ3v) is 9.94. The molecule has 5 unspecified atom stereocenters. The van der Waals surface area contributed by atoms with E-state index in [2.05, 4.69) is 82.9 Å². The fraction of sp³-hybridized carbons (Fsp3) is 0.923. The van der Waals surface area contributed by atoms with Crippen LogP contribution in [0.15, 0.2) is 12.7 Å². The summed E-state index contributed by atoms with van der Waals surface area (Å²) in [4.78, 5) is 2.32. The topological polar surface area (TPSA) is 3.24 Å². The summed E-state index contributed by atoms with van der Waals surface area (Å²) >= 11 is 4.46. The van der Waals surface area contributed by atoms with Gasteiger partial charge in [0, 0.05) is 22.8 Å². The molecule has 0 aromatic carbocycles. The maximum absolute atomic E-state index is 4.08. The van der Waals surface area contributed by atoms with E-state index in [1.54, 1.807) is 0 Å². The molecule has 0 aromatic rings. The maximum Gasteiger partial charge on any atom is 0.00814 e. The first-order chi connectivity index (χ1) is 13.9. The highest BCUT2D eigenvalue weighted by Crippen LogP contribution is 2.40. The normalized spacial score (nSPS) is 24.8. The van der Waals surface area contributed by atoms with Crippen LogP contribution in [0.25, 0.3) is 0 Å². The molecule has 1 saturated carbocycles. The number of hydrogen-bond acceptors (Lipinski definition) is 3. The van der Waals surface area contributed by atoms with Gasteiger partial charge in [-0.1, -0.05) is 46.6 Å². The van der Waals surface area contributed by atoms with Crippen molar-refractivity contribution in [1.82, 2.24) is 4.90 Å². The average Bonchev–Trinajstić information content (AvgIpc) is 2.68. The van der Waals surface area contributed by atoms with E-state index in [1.165, 1.54) is 75.8 Å². The summed E-state index contributed by atoms with van der Waals surface area (Å²) in [7, 11) is 4.38. The highest BCUT2D eigenvalue weighted by Gasteiger charge is 2.29. The third-order valence-electron chi connectivity index (χ3n) is 6.67. The molecule has 0 amide bonds. The number of nitrogens with zero attached hydrogens (tertiary/aromatic N) is 1. The van der Waals surface area contributed by atoms with Gasteiger partial charge in [0.05, 0.1) is 0 Å². The number of allylic oxidation sites excluding steroid dienone is 1. The van der Waals surface area contributed by atoms with E-state index in [0.717, 1.165) is 34.2 Å². The number of rotatable bonds is 16. The van der Waals surface area contributed by atoms with Gasteiger partial charge in [0.15, 0.2) is 0 Å². The van der Waals surface area contributed by atoms with Gasteiger partial charge in [0.1, 0.15) is 0 Å². The molecular weight excluding hydrogens is 390 g/mol. The molecule has 1 aliphatic carbocycles. The highest BCUT2D eigenvalue weighted by molar-refractivity contribution is 8.00. The fourth-order valence-electron chi connectivity index (χ4n) is 4.56. The lowest BCUT2D eigenvalue weighted by Crippen LogP contribution is -2.28. The van der Waals surface area contributed by atoms with E-state index < -0.39 is 0 Å². The van der Waals surface area contributed by atoms with Gasteiger partial charge in [-0.3, -0.25) is 0 Å². The average molecular weight is 442 g/mol. The molecule has 172 valence electrons. The van der Waals surface area contributed by atoms with Crippen LogP contribution in [-0.2, 0) is 0 Å². The summed E-state index contributed by atoms with van der Waals surface area (Å²) in [5.41, 5.74) is 0. The summed E-state index contributed by atoms with van der Waals surface area (Å²) < 4.78 is 0. The molecule has 0 saturated heterocycles. The van der Waals surface area contributed by atoms with Gasteiger partial charge in [-0.05, 0) is 88.5 Å². The monoisotopic (exact) mass is 441 g/mol. The molecule has 29 heavy (non-hydrogen) atoms. The van der Waals surface area contributed by atoms with Crippen LogP contribution in [0.3, 0.4) is 0 Å². The van der Waals surface area contributed by atoms with Crippen molar-refractivity contribution in [3.63, 3.8) is 0 Å². The zero-order valence-corrected chi connectivity index (χ0v) is 22.1. The Kier molecular flexibility index (Phi) is 15.2. The van der Waals surface area contributed by atoms with Crippen molar-refractivity contribution in [3.05, 3.63) is 12.7 Å². The molecule has 0 N–H and O–H groups in total. The van der Waals surface area contributed by atoms with E-state index in [9.17, 15) is 0 Å². The van der Waals surface area contributed by atoms with Gasteiger partial charge in [-0.2, -0.15) is 23.5 Å². The van der Waals surface area contributed by atoms with Crippen molar-refractivity contribution in [3.8, 4) is 0 Å². The lowest BCUT2D eigenvalue weighted by atomic mass is 9.79. The van der Waals surface area contributed by atoms with Gasteiger partial charge in [0.25, 0.3) is 0 Å². The van der Waals surface area contributed by atoms with Crippen molar-refractivity contribution in [2.45, 2.75) is 96.0 Å². The Bertz CT molecular complexity index is 410. The molecule has 5 atom stereocenters. The highest BCUT2D eigenvalue weighted by atomic mass is 32.2. The summed E-state index contributed by atoms with van der Waals surface area (Å²) in [6.45, 7) is 14.9. The Hall–Kier alpha value is 0.400. The molecule has 1 aliphatic rings. The Morgan fingerprint density at radius 3 is 2.45 bits per heavy atom. The predicted molar refractivity (Wildman–Crippen MR) is 139 cm³/mol. The third kappa shape index (κ3) is 12.1. The van der Waals surface area contributed by atoms with E-state index in [4.69, 9.17) is 0 Å². The zero-order chi connectivity index (χ0) is 21.6. The standard InChI is InChI=1S/C26H51NS2/c1-8-18-28-25(21(3)4)16-13-22(5)11-10-12-24-15-14-23(9-2)20-26(24)29-19-17-27(6)7/h9,21-26H,2,8,10-20H2,1,3-7H3. The largest absolute Gasteiger partial charge is 0.309 e. The Morgan fingerprint density at radius 1 is 1.07 bits per heavy atom. The lowest BCUT2D eigenvalue weighted by Gasteiger charge is -2.35. The predicted octanol–water partition coefficient (Wildman–Crippen LogP) is 8.01. The number of hydrogen-bond donors (Lipinski definition) is 0. The van der Waals surface area contributed by atoms with Crippen LogP contribution < -0.4 is 0 Å². The molecule has 3 heteroatoms. The van der Waals surface area contributed by atoms with Gasteiger partial charge < -0.3 is 4.90 Å². The molecule has 0 radical (unpaired) electrons. The zero-order valence-electron chi connectivity index (χ0n) is 20.5. The smallest absolute Gasteiger partial charge is 0.00814 e. The second kappa shape index (κ2) is 16.1. The fourth-order valence-corrected chi connectivity index (χ4v) is 7.48. The van der Waals surface area contributed by atoms with E-state index in [0.29, 0.717) is 0 Å². The van der Waals surface area contributed by atoms with Crippen LogP contribution in [-0.4, -0.2) is 47.5 Å². The maximum atomic E-state index is 4.08. The second-order valence-corrected chi connectivity index (χ2v) is 12.7. The Balaban J connectivity index is 2.35. The van der Waals surface area contributed by atoms with Crippen LogP contribution in [0.2, 0.25) is 0 Å². The quantitative estimate of drug-likeness (QED) is 0.223. The summed E-state index contributed by atoms with van der Waals surface area (Å²) in [6.07, 6.45) is 14.8. The van der Waals surface area contributed by atoms with Crippen molar-refractivity contribution < 1.29 is 0 Å². The van der Waals surface area contributed by atoms with Crippen LogP contribution in [0.1, 0.15) is 85.5 Å². The van der Waals surface area contributed by atoms with Crippen LogP contribution in [0.4, 0.5) is 0 Å². The van der Waals surface area contributed by atoms with Crippen LogP contribution >= 0.6 is 23.5 Å². The summed E-state index contributed by atoms with van der Waals surface area (Å²) in [5, 5.41) is 1.72. The Labute approximate surface area is 192 Å². The van der Waals surface area contributed by atoms with Crippen molar-refractivity contribution >= 4 is 23.5 Å². The van der Waals surface area contributed by atoms with Crippen LogP contribution in [0, 0.1) is 23.7 Å². The van der Waals surface area contributed by atoms with Gasteiger partial charge in [0.2, 0.25) is 0 Å². The second-order valence-electron chi connectivity index (χ2n) is 10.0. The van der Waals surface area contributed by atoms with E-state index in [1.807, 2.05) is 0 Å². The first kappa shape index (κ1) is 27.4. The SMILES string of the molecule is C=CC1CCC(CCCC(C)CCC(SCCC)C(C)C)C(SCCN(C)C)C1. The first-order valence-electron chi connectivity index (χ1n) is 12.4. The molecule has 1 fully saturated rings. The van der Waals surface area contributed by atoms with Gasteiger partial charge in [-0.25, -0.2) is 0 Å². The lowest BCUT2D eigenvalue weighted by molar-refractivity contribution is 0.291. The number of thioether (sulfide) groups is 2. The minimum absolute atomic E-state index is 0.760. The molecule has 0 spiro atoms. The molecule has 0 bridgehead atoms. The molecule has 0 aromatic heterocycles. The minimum atomic E-state index is 0.760. The van der Waals surface area contributed by atoms with E-state index >= 15 is 0 Å². The first-order valence-corrected chi connectivity index (χ1v) is 14.5.